The molecule has 26 heavy (non-hydrogen) atoms. The molecule has 1 heterocycles. The fourth-order valence-corrected chi connectivity index (χ4v) is 6.29. The van der Waals surface area contributed by atoms with Crippen LogP contribution in [0.5, 0.6) is 0 Å². The number of aliphatic hydroxyl groups excluding tert-OH is 1. The molecule has 5 nitrogen and oxygen atoms in total. The maximum Gasteiger partial charge on any atom is 0.425 e. The minimum atomic E-state index is -4.22. The quantitative estimate of drug-likeness (QED) is 0.801. The first-order valence-electron chi connectivity index (χ1n) is 8.26. The van der Waals surface area contributed by atoms with Crippen LogP contribution in [-0.2, 0) is 21.2 Å². The lowest BCUT2D eigenvalue weighted by molar-refractivity contribution is 0.165. The summed E-state index contributed by atoms with van der Waals surface area (Å²) in [6.07, 6.45) is 0. The van der Waals surface area contributed by atoms with Crippen LogP contribution in [-0.4, -0.2) is 30.7 Å². The van der Waals surface area contributed by atoms with Gasteiger partial charge in [0, 0.05) is 10.1 Å². The van der Waals surface area contributed by atoms with E-state index in [0.29, 0.717) is 5.56 Å². The lowest BCUT2D eigenvalue weighted by Crippen LogP contribution is -2.36. The maximum atomic E-state index is 13.0. The number of carbonyl (C=O) groups is 1. The van der Waals surface area contributed by atoms with Crippen LogP contribution in [0.3, 0.4) is 0 Å². The van der Waals surface area contributed by atoms with E-state index in [1.54, 1.807) is 43.3 Å². The van der Waals surface area contributed by atoms with Gasteiger partial charge in [0.1, 0.15) is 11.9 Å². The van der Waals surface area contributed by atoms with Crippen molar-refractivity contribution in [3.63, 3.8) is 0 Å². The number of thioether (sulfide) groups is 1. The predicted octanol–water partition coefficient (Wildman–Crippen LogP) is 3.58. The highest BCUT2D eigenvalue weighted by atomic mass is 32.2. The molecule has 0 saturated carbocycles. The van der Waals surface area contributed by atoms with Crippen molar-refractivity contribution in [2.24, 2.45) is 5.92 Å². The number of sulfone groups is 1. The molecule has 0 aliphatic carbocycles. The van der Waals surface area contributed by atoms with Gasteiger partial charge in [-0.3, -0.25) is 0 Å². The summed E-state index contributed by atoms with van der Waals surface area (Å²) >= 11 is 1.44. The Bertz CT molecular complexity index is 880. The van der Waals surface area contributed by atoms with Crippen molar-refractivity contribution in [1.29, 1.82) is 0 Å². The van der Waals surface area contributed by atoms with E-state index in [-0.39, 0.29) is 18.5 Å². The van der Waals surface area contributed by atoms with E-state index in [4.69, 9.17) is 4.74 Å². The molecular weight excluding hydrogens is 372 g/mol. The van der Waals surface area contributed by atoms with Crippen LogP contribution in [0.15, 0.2) is 59.5 Å². The Hall–Kier alpha value is -1.83. The van der Waals surface area contributed by atoms with Crippen molar-refractivity contribution in [2.45, 2.75) is 28.9 Å². The average molecular weight is 392 g/mol. The van der Waals surface area contributed by atoms with Gasteiger partial charge < -0.3 is 9.84 Å². The van der Waals surface area contributed by atoms with Gasteiger partial charge in [0.2, 0.25) is 0 Å². The van der Waals surface area contributed by atoms with Crippen molar-refractivity contribution in [1.82, 2.24) is 0 Å². The minimum Gasteiger partial charge on any atom is -0.449 e. The first kappa shape index (κ1) is 18.9. The number of fused-ring (bicyclic) bond motifs is 1. The Morgan fingerprint density at radius 2 is 1.77 bits per heavy atom. The highest BCUT2D eigenvalue weighted by molar-refractivity contribution is 8.06. The smallest absolute Gasteiger partial charge is 0.425 e. The van der Waals surface area contributed by atoms with Gasteiger partial charge in [0.15, 0.2) is 0 Å². The monoisotopic (exact) mass is 392 g/mol. The number of carbonyl (C=O) groups excluding carboxylic acids is 1. The molecule has 7 heteroatoms. The Kier molecular flexibility index (Phi) is 5.70. The highest BCUT2D eigenvalue weighted by Gasteiger charge is 2.46. The fourth-order valence-electron chi connectivity index (χ4n) is 3.13. The van der Waals surface area contributed by atoms with Crippen LogP contribution in [0, 0.1) is 5.92 Å². The van der Waals surface area contributed by atoms with Gasteiger partial charge in [0.05, 0.1) is 6.61 Å². The van der Waals surface area contributed by atoms with Crippen LogP contribution in [0.1, 0.15) is 23.3 Å². The zero-order chi connectivity index (χ0) is 18.7. The van der Waals surface area contributed by atoms with Gasteiger partial charge in [-0.15, -0.1) is 11.8 Å². The molecule has 3 atom stereocenters. The molecule has 0 radical (unpaired) electrons. The normalized spacial score (nSPS) is 22.5. The second kappa shape index (κ2) is 7.82. The van der Waals surface area contributed by atoms with E-state index in [1.165, 1.54) is 11.8 Å². The molecular formula is C19H20O5S2. The molecule has 0 fully saturated rings. The highest BCUT2D eigenvalue weighted by Crippen LogP contribution is 2.48. The fraction of sp³-hybridized carbons (Fsp3) is 0.316. The third-order valence-corrected chi connectivity index (χ3v) is 7.96. The van der Waals surface area contributed by atoms with Crippen LogP contribution < -0.4 is 0 Å². The van der Waals surface area contributed by atoms with E-state index in [9.17, 15) is 18.3 Å². The molecule has 0 saturated heterocycles. The van der Waals surface area contributed by atoms with Gasteiger partial charge in [-0.2, -0.15) is 0 Å². The van der Waals surface area contributed by atoms with E-state index in [0.717, 1.165) is 10.5 Å². The molecule has 1 N–H and O–H groups in total. The van der Waals surface area contributed by atoms with Gasteiger partial charge in [-0.25, -0.2) is 13.2 Å². The number of rotatable bonds is 4. The minimum absolute atomic E-state index is 0.0974. The van der Waals surface area contributed by atoms with Gasteiger partial charge in [-0.05, 0) is 23.1 Å². The molecule has 1 unspecified atom stereocenters. The zero-order valence-corrected chi connectivity index (χ0v) is 15.9. The Morgan fingerprint density at radius 3 is 2.46 bits per heavy atom. The molecule has 3 rings (SSSR count). The Labute approximate surface area is 157 Å². The Morgan fingerprint density at radius 1 is 1.12 bits per heavy atom. The topological polar surface area (TPSA) is 80.7 Å². The lowest BCUT2D eigenvalue weighted by atomic mass is 9.96. The first-order valence-corrected chi connectivity index (χ1v) is 10.7. The lowest BCUT2D eigenvalue weighted by Gasteiger charge is -2.35. The summed E-state index contributed by atoms with van der Waals surface area (Å²) < 4.78 is 31.0. The van der Waals surface area contributed by atoms with Crippen molar-refractivity contribution < 1.29 is 23.1 Å². The molecule has 2 aromatic rings. The van der Waals surface area contributed by atoms with Gasteiger partial charge >= 0.3 is 5.30 Å². The third kappa shape index (κ3) is 3.65. The molecule has 2 aromatic carbocycles. The average Bonchev–Trinajstić information content (AvgIpc) is 2.66. The summed E-state index contributed by atoms with van der Waals surface area (Å²) in [6, 6.07) is 16.0. The molecule has 1 aliphatic rings. The molecule has 138 valence electrons. The van der Waals surface area contributed by atoms with Crippen molar-refractivity contribution in [3.8, 4) is 0 Å². The SMILES string of the molecule is C[C@H]1C(S(=O)(=O)C(=O)OCc2ccccc2)c2ccccc2S[C@H]1CO. The van der Waals surface area contributed by atoms with Crippen LogP contribution in [0.25, 0.3) is 0 Å². The van der Waals surface area contributed by atoms with E-state index >= 15 is 0 Å². The summed E-state index contributed by atoms with van der Waals surface area (Å²) in [7, 11) is -4.22. The standard InChI is InChI=1S/C19H20O5S2/c1-13-17(11-20)25-16-10-6-5-9-15(16)18(13)26(22,23)19(21)24-12-14-7-3-2-4-8-14/h2-10,13,17-18,20H,11-12H2,1H3/t13-,17+,18?/m1/s1. The predicted molar refractivity (Wildman–Crippen MR) is 101 cm³/mol. The summed E-state index contributed by atoms with van der Waals surface area (Å²) in [5.74, 6) is -0.422. The number of hydrogen-bond donors (Lipinski definition) is 1. The second-order valence-corrected chi connectivity index (χ2v) is 9.44. The van der Waals surface area contributed by atoms with Crippen LogP contribution >= 0.6 is 11.8 Å². The summed E-state index contributed by atoms with van der Waals surface area (Å²) in [6.45, 7) is 1.49. The maximum absolute atomic E-state index is 13.0. The molecule has 1 aliphatic heterocycles. The molecule has 0 aromatic heterocycles. The molecule has 0 bridgehead atoms. The van der Waals surface area contributed by atoms with Crippen molar-refractivity contribution >= 4 is 26.9 Å². The van der Waals surface area contributed by atoms with Gasteiger partial charge in [-0.1, -0.05) is 55.5 Å². The van der Waals surface area contributed by atoms with Gasteiger partial charge in [0.25, 0.3) is 9.84 Å². The summed E-state index contributed by atoms with van der Waals surface area (Å²) in [5.41, 5.74) is 1.31. The number of hydrogen-bond acceptors (Lipinski definition) is 6. The van der Waals surface area contributed by atoms with Crippen LogP contribution in [0.2, 0.25) is 0 Å². The van der Waals surface area contributed by atoms with E-state index in [1.807, 2.05) is 18.2 Å². The van der Waals surface area contributed by atoms with Crippen LogP contribution in [0.4, 0.5) is 4.79 Å². The molecule has 0 spiro atoms. The number of benzene rings is 2. The van der Waals surface area contributed by atoms with Crippen molar-refractivity contribution in [2.75, 3.05) is 6.61 Å². The van der Waals surface area contributed by atoms with E-state index < -0.39 is 26.3 Å². The number of aliphatic hydroxyl groups is 1. The number of ether oxygens (including phenoxy) is 1. The largest absolute Gasteiger partial charge is 0.449 e. The zero-order valence-electron chi connectivity index (χ0n) is 14.2. The first-order chi connectivity index (χ1) is 12.4. The Balaban J connectivity index is 1.88. The van der Waals surface area contributed by atoms with E-state index in [2.05, 4.69) is 0 Å². The third-order valence-electron chi connectivity index (χ3n) is 4.51. The second-order valence-electron chi connectivity index (χ2n) is 6.23. The summed E-state index contributed by atoms with van der Waals surface area (Å²) in [4.78, 5) is 13.2. The summed E-state index contributed by atoms with van der Waals surface area (Å²) in [5, 5.41) is 7.08. The molecule has 0 amide bonds. The van der Waals surface area contributed by atoms with Crippen molar-refractivity contribution in [3.05, 3.63) is 65.7 Å².